The van der Waals surface area contributed by atoms with Crippen LogP contribution < -0.4 is 5.32 Å². The van der Waals surface area contributed by atoms with Crippen LogP contribution in [0.15, 0.2) is 48.5 Å². The average Bonchev–Trinajstić information content (AvgIpc) is 3.08. The van der Waals surface area contributed by atoms with Gasteiger partial charge < -0.3 is 20.1 Å². The van der Waals surface area contributed by atoms with E-state index in [-0.39, 0.29) is 18.4 Å². The Bertz CT molecular complexity index is 942. The Morgan fingerprint density at radius 1 is 1.00 bits per heavy atom. The van der Waals surface area contributed by atoms with Crippen molar-refractivity contribution in [2.75, 3.05) is 13.7 Å². The summed E-state index contributed by atoms with van der Waals surface area (Å²) >= 11 is 0. The molecule has 0 spiro atoms. The quantitative estimate of drug-likeness (QED) is 0.709. The molecule has 2 atom stereocenters. The van der Waals surface area contributed by atoms with E-state index in [1.54, 1.807) is 13.8 Å². The van der Waals surface area contributed by atoms with Crippen LogP contribution in [-0.2, 0) is 14.3 Å². The lowest BCUT2D eigenvalue weighted by molar-refractivity contribution is -0.149. The molecule has 7 nitrogen and oxygen atoms in total. The minimum atomic E-state index is -1.11. The normalized spacial score (nSPS) is 14.4. The second-order valence-corrected chi connectivity index (χ2v) is 8.15. The van der Waals surface area contributed by atoms with Gasteiger partial charge in [0.2, 0.25) is 5.91 Å². The molecule has 0 aromatic heterocycles. The van der Waals surface area contributed by atoms with Gasteiger partial charge in [0, 0.05) is 13.0 Å². The number of ether oxygens (including phenoxy) is 1. The van der Waals surface area contributed by atoms with Crippen molar-refractivity contribution in [1.82, 2.24) is 10.2 Å². The van der Waals surface area contributed by atoms with Gasteiger partial charge in [-0.15, -0.1) is 0 Å². The summed E-state index contributed by atoms with van der Waals surface area (Å²) < 4.78 is 5.52. The van der Waals surface area contributed by atoms with Crippen molar-refractivity contribution in [3.63, 3.8) is 0 Å². The number of alkyl carbamates (subject to hydrolysis) is 1. The molecule has 0 saturated heterocycles. The van der Waals surface area contributed by atoms with Crippen molar-refractivity contribution < 1.29 is 24.2 Å². The van der Waals surface area contributed by atoms with Crippen molar-refractivity contribution >= 4 is 18.0 Å². The number of amides is 2. The molecule has 2 amide bonds. The van der Waals surface area contributed by atoms with E-state index in [1.165, 1.54) is 14.0 Å². The average molecular weight is 424 g/mol. The number of hydrogen-bond donors (Lipinski definition) is 2. The highest BCUT2D eigenvalue weighted by Crippen LogP contribution is 2.44. The first-order chi connectivity index (χ1) is 14.7. The largest absolute Gasteiger partial charge is 0.480 e. The Hall–Kier alpha value is -3.35. The number of carboxylic acid groups (broad SMARTS) is 1. The molecule has 0 bridgehead atoms. The number of carboxylic acids is 1. The lowest BCUT2D eigenvalue weighted by Crippen LogP contribution is -2.53. The van der Waals surface area contributed by atoms with Crippen molar-refractivity contribution in [2.45, 2.75) is 38.8 Å². The molecule has 31 heavy (non-hydrogen) atoms. The number of fused-ring (bicyclic) bond motifs is 3. The molecule has 2 aromatic rings. The van der Waals surface area contributed by atoms with Crippen LogP contribution in [0.4, 0.5) is 4.79 Å². The zero-order valence-electron chi connectivity index (χ0n) is 18.2. The van der Waals surface area contributed by atoms with Crippen molar-refractivity contribution in [3.05, 3.63) is 59.7 Å². The first-order valence-corrected chi connectivity index (χ1v) is 10.3. The second kappa shape index (κ2) is 9.20. The van der Waals surface area contributed by atoms with Gasteiger partial charge in [-0.1, -0.05) is 62.4 Å². The molecule has 7 heteroatoms. The SMILES string of the molecule is CC(C)[C@H](NC(=O)OCC1c2ccccc2-c2ccccc21)C(=O)N(C)C(C)C(=O)O. The minimum Gasteiger partial charge on any atom is -0.480 e. The second-order valence-electron chi connectivity index (χ2n) is 8.15. The van der Waals surface area contributed by atoms with E-state index in [2.05, 4.69) is 17.4 Å². The molecule has 1 aliphatic rings. The Morgan fingerprint density at radius 2 is 1.52 bits per heavy atom. The van der Waals surface area contributed by atoms with Gasteiger partial charge in [0.1, 0.15) is 18.7 Å². The van der Waals surface area contributed by atoms with Crippen LogP contribution in [0, 0.1) is 5.92 Å². The van der Waals surface area contributed by atoms with Crippen LogP contribution in [0.25, 0.3) is 11.1 Å². The molecule has 1 unspecified atom stereocenters. The molecule has 2 aromatic carbocycles. The molecule has 0 saturated carbocycles. The van der Waals surface area contributed by atoms with Gasteiger partial charge >= 0.3 is 12.1 Å². The summed E-state index contributed by atoms with van der Waals surface area (Å²) in [5.74, 6) is -1.91. The van der Waals surface area contributed by atoms with E-state index in [1.807, 2.05) is 36.4 Å². The summed E-state index contributed by atoms with van der Waals surface area (Å²) in [4.78, 5) is 37.6. The van der Waals surface area contributed by atoms with E-state index in [9.17, 15) is 14.4 Å². The zero-order chi connectivity index (χ0) is 22.7. The van der Waals surface area contributed by atoms with Gasteiger partial charge in [-0.3, -0.25) is 4.79 Å². The fourth-order valence-corrected chi connectivity index (χ4v) is 3.86. The summed E-state index contributed by atoms with van der Waals surface area (Å²) in [5, 5.41) is 11.8. The van der Waals surface area contributed by atoms with Crippen LogP contribution in [0.1, 0.15) is 37.8 Å². The maximum Gasteiger partial charge on any atom is 0.407 e. The van der Waals surface area contributed by atoms with Crippen molar-refractivity contribution in [1.29, 1.82) is 0 Å². The third kappa shape index (κ3) is 4.55. The third-order valence-corrected chi connectivity index (χ3v) is 5.84. The Labute approximate surface area is 182 Å². The van der Waals surface area contributed by atoms with Crippen LogP contribution in [0.5, 0.6) is 0 Å². The van der Waals surface area contributed by atoms with E-state index in [4.69, 9.17) is 9.84 Å². The smallest absolute Gasteiger partial charge is 0.407 e. The number of carbonyl (C=O) groups is 3. The Kier molecular flexibility index (Phi) is 6.63. The number of nitrogens with zero attached hydrogens (tertiary/aromatic N) is 1. The first-order valence-electron chi connectivity index (χ1n) is 10.3. The Balaban J connectivity index is 1.69. The molecular weight excluding hydrogens is 396 g/mol. The number of nitrogens with one attached hydrogen (secondary N) is 1. The molecule has 0 heterocycles. The maximum atomic E-state index is 12.7. The number of hydrogen-bond acceptors (Lipinski definition) is 4. The molecule has 3 rings (SSSR count). The topological polar surface area (TPSA) is 95.9 Å². The fraction of sp³-hybridized carbons (Fsp3) is 0.375. The van der Waals surface area contributed by atoms with Crippen molar-refractivity contribution in [2.24, 2.45) is 5.92 Å². The van der Waals surface area contributed by atoms with E-state index in [0.29, 0.717) is 0 Å². The lowest BCUT2D eigenvalue weighted by Gasteiger charge is -2.29. The lowest BCUT2D eigenvalue weighted by atomic mass is 9.98. The first kappa shape index (κ1) is 22.3. The molecule has 1 aliphatic carbocycles. The summed E-state index contributed by atoms with van der Waals surface area (Å²) in [6.45, 7) is 5.13. The standard InChI is InChI=1S/C24H28N2O5/c1-14(2)21(22(27)26(4)15(3)23(28)29)25-24(30)31-13-20-18-11-7-5-9-16(18)17-10-6-8-12-19(17)20/h5-12,14-15,20-21H,13H2,1-4H3,(H,25,30)(H,28,29)/t15?,21-/m0/s1. The Morgan fingerprint density at radius 3 is 2.00 bits per heavy atom. The molecule has 0 radical (unpaired) electrons. The summed E-state index contributed by atoms with van der Waals surface area (Å²) in [7, 11) is 1.41. The van der Waals surface area contributed by atoms with Crippen LogP contribution in [0.2, 0.25) is 0 Å². The van der Waals surface area contributed by atoms with E-state index in [0.717, 1.165) is 27.2 Å². The van der Waals surface area contributed by atoms with Gasteiger partial charge in [-0.05, 0) is 35.1 Å². The molecule has 2 N–H and O–H groups in total. The number of likely N-dealkylation sites (N-methyl/N-ethyl adjacent to an activating group) is 1. The summed E-state index contributed by atoms with van der Waals surface area (Å²) in [6.07, 6.45) is -0.703. The predicted molar refractivity (Wildman–Crippen MR) is 117 cm³/mol. The third-order valence-electron chi connectivity index (χ3n) is 5.84. The van der Waals surface area contributed by atoms with E-state index < -0.39 is 30.1 Å². The van der Waals surface area contributed by atoms with Gasteiger partial charge in [0.15, 0.2) is 0 Å². The van der Waals surface area contributed by atoms with E-state index >= 15 is 0 Å². The summed E-state index contributed by atoms with van der Waals surface area (Å²) in [5.41, 5.74) is 4.46. The molecular formula is C24H28N2O5. The summed E-state index contributed by atoms with van der Waals surface area (Å²) in [6, 6.07) is 14.2. The van der Waals surface area contributed by atoms with Crippen molar-refractivity contribution in [3.8, 4) is 11.1 Å². The monoisotopic (exact) mass is 424 g/mol. The van der Waals surface area contributed by atoms with Gasteiger partial charge in [-0.25, -0.2) is 9.59 Å². The fourth-order valence-electron chi connectivity index (χ4n) is 3.86. The highest BCUT2D eigenvalue weighted by molar-refractivity contribution is 5.89. The van der Waals surface area contributed by atoms with Crippen LogP contribution in [-0.4, -0.2) is 53.7 Å². The van der Waals surface area contributed by atoms with Gasteiger partial charge in [0.05, 0.1) is 0 Å². The zero-order valence-corrected chi connectivity index (χ0v) is 18.2. The molecule has 0 aliphatic heterocycles. The van der Waals surface area contributed by atoms with Gasteiger partial charge in [0.25, 0.3) is 0 Å². The highest BCUT2D eigenvalue weighted by Gasteiger charge is 2.33. The van der Waals surface area contributed by atoms with Crippen LogP contribution >= 0.6 is 0 Å². The maximum absolute atomic E-state index is 12.7. The number of aliphatic carboxylic acids is 1. The number of carbonyl (C=O) groups excluding carboxylic acids is 2. The number of rotatable bonds is 7. The molecule has 164 valence electrons. The predicted octanol–water partition coefficient (Wildman–Crippen LogP) is 3.48. The number of benzene rings is 2. The van der Waals surface area contributed by atoms with Gasteiger partial charge in [-0.2, -0.15) is 0 Å². The minimum absolute atomic E-state index is 0.0824. The molecule has 0 fully saturated rings. The highest BCUT2D eigenvalue weighted by atomic mass is 16.5. The van der Waals surface area contributed by atoms with Crippen LogP contribution in [0.3, 0.4) is 0 Å².